The van der Waals surface area contributed by atoms with Crippen molar-refractivity contribution in [3.05, 3.63) is 39.9 Å². The summed E-state index contributed by atoms with van der Waals surface area (Å²) in [7, 11) is -3.75. The molecule has 2 unspecified atom stereocenters. The number of rotatable bonds is 7. The summed E-state index contributed by atoms with van der Waals surface area (Å²) >= 11 is 0. The second-order valence-electron chi connectivity index (χ2n) is 3.82. The minimum atomic E-state index is -3.75. The zero-order valence-electron chi connectivity index (χ0n) is 10.7. The van der Waals surface area contributed by atoms with E-state index in [9.17, 15) is 14.7 Å². The van der Waals surface area contributed by atoms with E-state index in [-0.39, 0.29) is 12.3 Å². The van der Waals surface area contributed by atoms with Crippen molar-refractivity contribution in [1.82, 2.24) is 0 Å². The Hall–Kier alpha value is -1.27. The average Bonchev–Trinajstić information content (AvgIpc) is 2.40. The van der Waals surface area contributed by atoms with E-state index in [1.165, 1.54) is 18.2 Å². The summed E-state index contributed by atoms with van der Waals surface area (Å²) in [6.45, 7) is 3.45. The van der Waals surface area contributed by atoms with Crippen LogP contribution in [-0.4, -0.2) is 16.8 Å². The van der Waals surface area contributed by atoms with Crippen LogP contribution in [0.5, 0.6) is 0 Å². The van der Waals surface area contributed by atoms with Crippen molar-refractivity contribution in [2.24, 2.45) is 0 Å². The molecule has 2 atom stereocenters. The number of nitro groups is 1. The van der Waals surface area contributed by atoms with Crippen LogP contribution in [0.2, 0.25) is 0 Å². The normalized spacial score (nSPS) is 15.7. The molecule has 106 valence electrons. The van der Waals surface area contributed by atoms with Gasteiger partial charge in [0.05, 0.1) is 17.2 Å². The van der Waals surface area contributed by atoms with Crippen molar-refractivity contribution in [2.45, 2.75) is 25.9 Å². The van der Waals surface area contributed by atoms with Gasteiger partial charge in [0.1, 0.15) is 0 Å². The Labute approximate surface area is 110 Å². The maximum Gasteiger partial charge on any atom is 0.365 e. The number of hydrogen-bond acceptors (Lipinski definition) is 6. The van der Waals surface area contributed by atoms with Crippen LogP contribution in [0.15, 0.2) is 24.3 Å². The summed E-state index contributed by atoms with van der Waals surface area (Å²) in [6, 6.07) is 5.72. The molecular weight excluding hydrogens is 273 g/mol. The van der Waals surface area contributed by atoms with E-state index in [1.54, 1.807) is 19.9 Å². The molecule has 1 aromatic carbocycles. The second kappa shape index (κ2) is 6.77. The van der Waals surface area contributed by atoms with Gasteiger partial charge in [0.2, 0.25) is 0 Å². The van der Waals surface area contributed by atoms with Crippen molar-refractivity contribution in [1.29, 1.82) is 0 Å². The van der Waals surface area contributed by atoms with E-state index < -0.39 is 18.2 Å². The number of nitrogens with zero attached hydrogens (tertiary/aromatic N) is 1. The standard InChI is InChI=1S/C11H16NO6P/c1-3-11(19(16,18-15)17-4-2)9-6-5-7-10(8-9)12(13)14/h5-8,11,15H,3-4H2,1-2H3. The first-order chi connectivity index (χ1) is 8.98. The van der Waals surface area contributed by atoms with Crippen LogP contribution in [0.25, 0.3) is 0 Å². The van der Waals surface area contributed by atoms with Gasteiger partial charge in [0.25, 0.3) is 5.69 Å². The van der Waals surface area contributed by atoms with Crippen LogP contribution < -0.4 is 0 Å². The van der Waals surface area contributed by atoms with E-state index in [1.807, 2.05) is 0 Å². The smallest absolute Gasteiger partial charge is 0.307 e. The van der Waals surface area contributed by atoms with E-state index in [0.29, 0.717) is 12.0 Å². The molecule has 19 heavy (non-hydrogen) atoms. The topological polar surface area (TPSA) is 98.9 Å². The summed E-state index contributed by atoms with van der Waals surface area (Å²) < 4.78 is 21.4. The van der Waals surface area contributed by atoms with Crippen LogP contribution in [0.4, 0.5) is 5.69 Å². The maximum absolute atomic E-state index is 12.3. The Morgan fingerprint density at radius 2 is 2.16 bits per heavy atom. The first kappa shape index (κ1) is 15.8. The lowest BCUT2D eigenvalue weighted by molar-refractivity contribution is -0.384. The van der Waals surface area contributed by atoms with Crippen molar-refractivity contribution < 1.29 is 23.9 Å². The first-order valence-electron chi connectivity index (χ1n) is 5.80. The SMILES string of the molecule is CCOP(=O)(OO)C(CC)c1cccc([N+](=O)[O-])c1. The number of benzene rings is 1. The Morgan fingerprint density at radius 3 is 2.63 bits per heavy atom. The quantitative estimate of drug-likeness (QED) is 0.355. The van der Waals surface area contributed by atoms with Crippen LogP contribution in [0.1, 0.15) is 31.5 Å². The molecule has 0 radical (unpaired) electrons. The van der Waals surface area contributed by atoms with Crippen LogP contribution in [0, 0.1) is 10.1 Å². The highest BCUT2D eigenvalue weighted by atomic mass is 31.2. The Bertz CT molecular complexity index is 492. The molecule has 0 aliphatic rings. The number of non-ortho nitro benzene ring substituents is 1. The van der Waals surface area contributed by atoms with Crippen LogP contribution >= 0.6 is 7.60 Å². The molecule has 0 fully saturated rings. The highest BCUT2D eigenvalue weighted by Gasteiger charge is 2.36. The zero-order valence-corrected chi connectivity index (χ0v) is 11.6. The summed E-state index contributed by atoms with van der Waals surface area (Å²) in [5.74, 6) is 0. The summed E-state index contributed by atoms with van der Waals surface area (Å²) in [6.07, 6.45) is 0.346. The fourth-order valence-corrected chi connectivity index (χ4v) is 3.51. The van der Waals surface area contributed by atoms with E-state index >= 15 is 0 Å². The van der Waals surface area contributed by atoms with E-state index in [0.717, 1.165) is 0 Å². The Kier molecular flexibility index (Phi) is 5.62. The van der Waals surface area contributed by atoms with Gasteiger partial charge in [0, 0.05) is 12.1 Å². The average molecular weight is 289 g/mol. The molecule has 1 aromatic rings. The van der Waals surface area contributed by atoms with Gasteiger partial charge in [-0.3, -0.25) is 14.7 Å². The van der Waals surface area contributed by atoms with Gasteiger partial charge in [-0.2, -0.15) is 4.67 Å². The van der Waals surface area contributed by atoms with Crippen molar-refractivity contribution in [2.75, 3.05) is 6.61 Å². The largest absolute Gasteiger partial charge is 0.365 e. The second-order valence-corrected chi connectivity index (χ2v) is 5.94. The third kappa shape index (κ3) is 3.61. The van der Waals surface area contributed by atoms with Gasteiger partial charge < -0.3 is 4.52 Å². The molecule has 0 aliphatic carbocycles. The van der Waals surface area contributed by atoms with Gasteiger partial charge in [-0.05, 0) is 18.9 Å². The molecule has 0 heterocycles. The number of hydrogen-bond donors (Lipinski definition) is 1. The van der Waals surface area contributed by atoms with Gasteiger partial charge in [-0.25, -0.2) is 5.26 Å². The third-order valence-electron chi connectivity index (χ3n) is 2.66. The third-order valence-corrected chi connectivity index (χ3v) is 4.93. The Morgan fingerprint density at radius 1 is 1.47 bits per heavy atom. The molecule has 0 saturated carbocycles. The summed E-state index contributed by atoms with van der Waals surface area (Å²) in [4.78, 5) is 10.2. The van der Waals surface area contributed by atoms with Crippen molar-refractivity contribution in [3.63, 3.8) is 0 Å². The number of nitro benzene ring substituents is 1. The highest BCUT2D eigenvalue weighted by molar-refractivity contribution is 7.54. The summed E-state index contributed by atoms with van der Waals surface area (Å²) in [5.41, 5.74) is -0.433. The van der Waals surface area contributed by atoms with Crippen LogP contribution in [-0.2, 0) is 13.8 Å². The lowest BCUT2D eigenvalue weighted by Crippen LogP contribution is -2.05. The van der Waals surface area contributed by atoms with Crippen molar-refractivity contribution in [3.8, 4) is 0 Å². The minimum absolute atomic E-state index is 0.100. The molecule has 1 rings (SSSR count). The fraction of sp³-hybridized carbons (Fsp3) is 0.455. The first-order valence-corrected chi connectivity index (χ1v) is 7.41. The Balaban J connectivity index is 3.19. The molecule has 0 aliphatic heterocycles. The maximum atomic E-state index is 12.3. The minimum Gasteiger partial charge on any atom is -0.307 e. The molecule has 0 bridgehead atoms. The molecular formula is C11H16NO6P. The van der Waals surface area contributed by atoms with E-state index in [4.69, 9.17) is 9.78 Å². The molecule has 0 amide bonds. The lowest BCUT2D eigenvalue weighted by Gasteiger charge is -2.22. The molecule has 0 aromatic heterocycles. The fourth-order valence-electron chi connectivity index (χ4n) is 1.84. The van der Waals surface area contributed by atoms with Gasteiger partial charge in [-0.1, -0.05) is 19.1 Å². The monoisotopic (exact) mass is 289 g/mol. The predicted octanol–water partition coefficient (Wildman–Crippen LogP) is 3.77. The highest BCUT2D eigenvalue weighted by Crippen LogP contribution is 2.61. The predicted molar refractivity (Wildman–Crippen MR) is 69.1 cm³/mol. The molecule has 8 heteroatoms. The summed E-state index contributed by atoms with van der Waals surface area (Å²) in [5, 5.41) is 19.6. The van der Waals surface area contributed by atoms with Gasteiger partial charge >= 0.3 is 7.60 Å². The van der Waals surface area contributed by atoms with Gasteiger partial charge in [0.15, 0.2) is 0 Å². The molecule has 0 saturated heterocycles. The molecule has 1 N–H and O–H groups in total. The van der Waals surface area contributed by atoms with Gasteiger partial charge in [-0.15, -0.1) is 0 Å². The zero-order chi connectivity index (χ0) is 14.5. The molecule has 7 nitrogen and oxygen atoms in total. The van der Waals surface area contributed by atoms with Crippen LogP contribution in [0.3, 0.4) is 0 Å². The van der Waals surface area contributed by atoms with Crippen molar-refractivity contribution >= 4 is 13.3 Å². The van der Waals surface area contributed by atoms with E-state index in [2.05, 4.69) is 4.67 Å². The lowest BCUT2D eigenvalue weighted by atomic mass is 10.1. The molecule has 0 spiro atoms.